The van der Waals surface area contributed by atoms with Crippen LogP contribution in [0.25, 0.3) is 0 Å². The van der Waals surface area contributed by atoms with Gasteiger partial charge in [-0.2, -0.15) is 0 Å². The zero-order valence-electron chi connectivity index (χ0n) is 17.2. The summed E-state index contributed by atoms with van der Waals surface area (Å²) in [5.41, 5.74) is 8.87. The van der Waals surface area contributed by atoms with E-state index < -0.39 is 0 Å². The molecule has 0 aliphatic heterocycles. The van der Waals surface area contributed by atoms with Gasteiger partial charge < -0.3 is 25.3 Å². The highest BCUT2D eigenvalue weighted by Gasteiger charge is 2.04. The van der Waals surface area contributed by atoms with E-state index in [2.05, 4.69) is 15.3 Å². The largest absolute Gasteiger partial charge is 0.494 e. The van der Waals surface area contributed by atoms with Crippen LogP contribution in [-0.4, -0.2) is 24.7 Å². The Morgan fingerprint density at radius 3 is 2.60 bits per heavy atom. The van der Waals surface area contributed by atoms with Gasteiger partial charge in [0.1, 0.15) is 11.5 Å². The van der Waals surface area contributed by atoms with Gasteiger partial charge in [-0.05, 0) is 48.9 Å². The molecular formula is C23H26N4O3. The smallest absolute Gasteiger partial charge is 0.219 e. The van der Waals surface area contributed by atoms with Crippen molar-refractivity contribution in [1.82, 2.24) is 4.98 Å². The number of ether oxygens (including phenoxy) is 3. The van der Waals surface area contributed by atoms with Crippen LogP contribution in [-0.2, 0) is 17.9 Å². The lowest BCUT2D eigenvalue weighted by Gasteiger charge is -2.11. The molecule has 0 bridgehead atoms. The number of anilines is 1. The maximum absolute atomic E-state index is 6.06. The molecule has 7 heteroatoms. The van der Waals surface area contributed by atoms with E-state index in [0.717, 1.165) is 22.6 Å². The first-order chi connectivity index (χ1) is 14.7. The summed E-state index contributed by atoms with van der Waals surface area (Å²) < 4.78 is 16.5. The van der Waals surface area contributed by atoms with Crippen LogP contribution >= 0.6 is 0 Å². The highest BCUT2D eigenvalue weighted by molar-refractivity contribution is 5.92. The molecule has 0 aliphatic carbocycles. The number of hydrogen-bond donors (Lipinski definition) is 2. The molecule has 1 heterocycles. The standard InChI is InChI=1S/C23H26N4O3/c1-3-29-19-8-10-20(11-9-19)30-22-14-17(12-13-25-22)15-26-23(24)27-21-7-5-4-6-18(21)16-28-2/h4-14H,3,15-16H2,1-2H3,(H3,24,26,27). The average Bonchev–Trinajstić information content (AvgIpc) is 2.76. The Kier molecular flexibility index (Phi) is 7.63. The van der Waals surface area contributed by atoms with Crippen molar-refractivity contribution in [3.05, 3.63) is 78.0 Å². The van der Waals surface area contributed by atoms with E-state index in [1.165, 1.54) is 0 Å². The third kappa shape index (κ3) is 6.22. The van der Waals surface area contributed by atoms with Crippen molar-refractivity contribution in [2.75, 3.05) is 19.0 Å². The summed E-state index contributed by atoms with van der Waals surface area (Å²) in [6, 6.07) is 18.9. The Hall–Kier alpha value is -3.58. The molecule has 2 aromatic carbocycles. The van der Waals surface area contributed by atoms with Crippen molar-refractivity contribution in [3.8, 4) is 17.4 Å². The Labute approximate surface area is 176 Å². The Balaban J connectivity index is 1.62. The summed E-state index contributed by atoms with van der Waals surface area (Å²) in [5.74, 6) is 2.30. The van der Waals surface area contributed by atoms with Crippen LogP contribution in [0.5, 0.6) is 17.4 Å². The summed E-state index contributed by atoms with van der Waals surface area (Å²) in [4.78, 5) is 8.67. The van der Waals surface area contributed by atoms with Gasteiger partial charge in [0.15, 0.2) is 5.96 Å². The molecule has 0 aliphatic rings. The highest BCUT2D eigenvalue weighted by atomic mass is 16.5. The number of benzene rings is 2. The molecule has 0 spiro atoms. The lowest BCUT2D eigenvalue weighted by atomic mass is 10.2. The van der Waals surface area contributed by atoms with Gasteiger partial charge in [-0.3, -0.25) is 0 Å². The van der Waals surface area contributed by atoms with Crippen molar-refractivity contribution in [2.45, 2.75) is 20.1 Å². The molecule has 1 aromatic heterocycles. The lowest BCUT2D eigenvalue weighted by Crippen LogP contribution is -2.23. The van der Waals surface area contributed by atoms with Crippen molar-refractivity contribution in [3.63, 3.8) is 0 Å². The number of para-hydroxylation sites is 1. The molecule has 3 rings (SSSR count). The fourth-order valence-corrected chi connectivity index (χ4v) is 2.77. The number of guanidine groups is 1. The predicted octanol–water partition coefficient (Wildman–Crippen LogP) is 4.35. The molecule has 156 valence electrons. The first-order valence-electron chi connectivity index (χ1n) is 9.67. The average molecular weight is 406 g/mol. The van der Waals surface area contributed by atoms with E-state index >= 15 is 0 Å². The van der Waals surface area contributed by atoms with E-state index in [1.54, 1.807) is 13.3 Å². The number of hydrogen-bond acceptors (Lipinski definition) is 5. The van der Waals surface area contributed by atoms with E-state index in [-0.39, 0.29) is 0 Å². The zero-order valence-corrected chi connectivity index (χ0v) is 17.2. The maximum Gasteiger partial charge on any atom is 0.219 e. The van der Waals surface area contributed by atoms with Crippen molar-refractivity contribution in [1.29, 1.82) is 0 Å². The summed E-state index contributed by atoms with van der Waals surface area (Å²) in [5, 5.41) is 3.12. The van der Waals surface area contributed by atoms with Crippen LogP contribution in [0.15, 0.2) is 71.9 Å². The van der Waals surface area contributed by atoms with Gasteiger partial charge in [0.2, 0.25) is 5.88 Å². The first-order valence-corrected chi connectivity index (χ1v) is 9.67. The lowest BCUT2D eigenvalue weighted by molar-refractivity contribution is 0.185. The number of aromatic nitrogens is 1. The van der Waals surface area contributed by atoms with E-state index in [1.807, 2.05) is 67.6 Å². The van der Waals surface area contributed by atoms with Gasteiger partial charge in [0.25, 0.3) is 0 Å². The van der Waals surface area contributed by atoms with Crippen LogP contribution in [0.3, 0.4) is 0 Å². The minimum Gasteiger partial charge on any atom is -0.494 e. The number of rotatable bonds is 9. The molecule has 30 heavy (non-hydrogen) atoms. The number of nitrogens with zero attached hydrogens (tertiary/aromatic N) is 2. The third-order valence-electron chi connectivity index (χ3n) is 4.17. The fourth-order valence-electron chi connectivity index (χ4n) is 2.77. The molecule has 3 aromatic rings. The number of pyridine rings is 1. The predicted molar refractivity (Wildman–Crippen MR) is 118 cm³/mol. The minimum absolute atomic E-state index is 0.323. The van der Waals surface area contributed by atoms with Crippen molar-refractivity contribution in [2.24, 2.45) is 10.7 Å². The second kappa shape index (κ2) is 10.8. The van der Waals surface area contributed by atoms with E-state index in [9.17, 15) is 0 Å². The van der Waals surface area contributed by atoms with Crippen LogP contribution in [0.4, 0.5) is 5.69 Å². The first kappa shape index (κ1) is 21.1. The Morgan fingerprint density at radius 2 is 1.83 bits per heavy atom. The molecule has 0 saturated heterocycles. The number of nitrogens with two attached hydrogens (primary N) is 1. The molecule has 0 fully saturated rings. The second-order valence-electron chi connectivity index (χ2n) is 6.43. The molecular weight excluding hydrogens is 380 g/mol. The molecule has 3 N–H and O–H groups in total. The molecule has 0 amide bonds. The second-order valence-corrected chi connectivity index (χ2v) is 6.43. The SMILES string of the molecule is CCOc1ccc(Oc2cc(CN=C(N)Nc3ccccc3COC)ccn2)cc1. The van der Waals surface area contributed by atoms with Crippen LogP contribution < -0.4 is 20.5 Å². The maximum atomic E-state index is 6.06. The molecule has 0 atom stereocenters. The topological polar surface area (TPSA) is 91.0 Å². The van der Waals surface area contributed by atoms with Crippen LogP contribution in [0, 0.1) is 0 Å². The number of methoxy groups -OCH3 is 1. The Bertz CT molecular complexity index is 974. The van der Waals surface area contributed by atoms with E-state index in [0.29, 0.717) is 37.3 Å². The van der Waals surface area contributed by atoms with Gasteiger partial charge in [-0.1, -0.05) is 18.2 Å². The van der Waals surface area contributed by atoms with Gasteiger partial charge >= 0.3 is 0 Å². The van der Waals surface area contributed by atoms with Crippen LogP contribution in [0.2, 0.25) is 0 Å². The summed E-state index contributed by atoms with van der Waals surface area (Å²) in [7, 11) is 1.66. The van der Waals surface area contributed by atoms with Gasteiger partial charge in [0.05, 0.1) is 19.8 Å². The zero-order chi connectivity index (χ0) is 21.2. The van der Waals surface area contributed by atoms with Gasteiger partial charge in [-0.15, -0.1) is 0 Å². The minimum atomic E-state index is 0.323. The van der Waals surface area contributed by atoms with Gasteiger partial charge in [0, 0.05) is 30.6 Å². The highest BCUT2D eigenvalue weighted by Crippen LogP contribution is 2.23. The number of aliphatic imine (C=N–C) groups is 1. The molecule has 7 nitrogen and oxygen atoms in total. The van der Waals surface area contributed by atoms with Gasteiger partial charge in [-0.25, -0.2) is 9.98 Å². The quantitative estimate of drug-likeness (QED) is 0.406. The summed E-state index contributed by atoms with van der Waals surface area (Å²) >= 11 is 0. The monoisotopic (exact) mass is 406 g/mol. The summed E-state index contributed by atoms with van der Waals surface area (Å²) in [6.45, 7) is 3.46. The van der Waals surface area contributed by atoms with Crippen LogP contribution in [0.1, 0.15) is 18.1 Å². The molecule has 0 saturated carbocycles. The number of nitrogens with one attached hydrogen (secondary N) is 1. The molecule has 0 unspecified atom stereocenters. The summed E-state index contributed by atoms with van der Waals surface area (Å²) in [6.07, 6.45) is 1.69. The third-order valence-corrected chi connectivity index (χ3v) is 4.17. The van der Waals surface area contributed by atoms with E-state index in [4.69, 9.17) is 19.9 Å². The van der Waals surface area contributed by atoms with Crippen molar-refractivity contribution >= 4 is 11.6 Å². The Morgan fingerprint density at radius 1 is 1.07 bits per heavy atom. The van der Waals surface area contributed by atoms with Crippen molar-refractivity contribution < 1.29 is 14.2 Å². The molecule has 0 radical (unpaired) electrons. The fraction of sp³-hybridized carbons (Fsp3) is 0.217. The normalized spacial score (nSPS) is 11.2.